The van der Waals surface area contributed by atoms with Crippen molar-refractivity contribution >= 4 is 27.9 Å². The van der Waals surface area contributed by atoms with Crippen LogP contribution in [0.15, 0.2) is 30.3 Å². The number of nitrogens with one attached hydrogen (secondary N) is 2. The van der Waals surface area contributed by atoms with Crippen LogP contribution in [0.25, 0.3) is 0 Å². The fraction of sp³-hybridized carbons (Fsp3) is 0.478. The van der Waals surface area contributed by atoms with Gasteiger partial charge in [0.2, 0.25) is 5.91 Å². The van der Waals surface area contributed by atoms with Crippen molar-refractivity contribution in [2.75, 3.05) is 30.3 Å². The Morgan fingerprint density at radius 1 is 1.31 bits per heavy atom. The molecule has 6 heteroatoms. The Bertz CT molecular complexity index is 902. The van der Waals surface area contributed by atoms with E-state index in [2.05, 4.69) is 40.7 Å². The molecule has 2 unspecified atom stereocenters. The highest BCUT2D eigenvalue weighted by Crippen LogP contribution is 2.39. The molecule has 0 radical (unpaired) electrons. The molecule has 0 spiro atoms. The Morgan fingerprint density at radius 2 is 2.14 bits per heavy atom. The largest absolute Gasteiger partial charge is 0.381 e. The first kappa shape index (κ1) is 19.9. The summed E-state index contributed by atoms with van der Waals surface area (Å²) >= 11 is 1.60. The predicted octanol–water partition coefficient (Wildman–Crippen LogP) is 4.26. The minimum absolute atomic E-state index is 0.00705. The molecule has 1 fully saturated rings. The van der Waals surface area contributed by atoms with Crippen LogP contribution in [-0.4, -0.2) is 36.5 Å². The topological polar surface area (TPSA) is 68.2 Å². The fourth-order valence-electron chi connectivity index (χ4n) is 4.33. The first-order chi connectivity index (χ1) is 14.1. The van der Waals surface area contributed by atoms with Gasteiger partial charge in [-0.2, -0.15) is 5.26 Å². The number of hydrogen-bond acceptors (Lipinski definition) is 5. The molecular weight excluding hydrogens is 380 g/mol. The number of amides is 1. The zero-order valence-corrected chi connectivity index (χ0v) is 17.7. The Morgan fingerprint density at radius 3 is 2.93 bits per heavy atom. The highest BCUT2D eigenvalue weighted by molar-refractivity contribution is 7.16. The molecule has 0 saturated carbocycles. The van der Waals surface area contributed by atoms with Gasteiger partial charge in [0.15, 0.2) is 0 Å². The number of hydrogen-bond donors (Lipinski definition) is 2. The molecule has 1 aromatic heterocycles. The minimum Gasteiger partial charge on any atom is -0.381 e. The number of thiophene rings is 1. The molecule has 29 heavy (non-hydrogen) atoms. The highest BCUT2D eigenvalue weighted by atomic mass is 32.1. The van der Waals surface area contributed by atoms with Crippen LogP contribution >= 0.6 is 11.3 Å². The van der Waals surface area contributed by atoms with Crippen molar-refractivity contribution in [3.8, 4) is 6.07 Å². The number of rotatable bonds is 6. The zero-order chi connectivity index (χ0) is 20.2. The average molecular weight is 409 g/mol. The Labute approximate surface area is 176 Å². The summed E-state index contributed by atoms with van der Waals surface area (Å²) in [5, 5.41) is 16.9. The zero-order valence-electron chi connectivity index (χ0n) is 16.9. The molecule has 2 aliphatic rings. The number of carbonyl (C=O) groups is 1. The standard InChI is InChI=1S/C23H28N4OS/c1-16-7-8-19-20(14-24)23(29-21(19)13-16)26-22(28)10-12-27-11-9-18(15-27)25-17-5-3-2-4-6-17/h2-6,16,18,25H,7-13,15H2,1H3,(H,26,28). The van der Waals surface area contributed by atoms with Crippen LogP contribution in [0.5, 0.6) is 0 Å². The summed E-state index contributed by atoms with van der Waals surface area (Å²) in [5.74, 6) is 0.663. The van der Waals surface area contributed by atoms with Crippen LogP contribution in [0.4, 0.5) is 10.7 Å². The first-order valence-corrected chi connectivity index (χ1v) is 11.3. The van der Waals surface area contributed by atoms with Gasteiger partial charge < -0.3 is 15.5 Å². The van der Waals surface area contributed by atoms with Gasteiger partial charge in [-0.3, -0.25) is 4.79 Å². The van der Waals surface area contributed by atoms with Gasteiger partial charge in [0.1, 0.15) is 11.1 Å². The molecule has 4 rings (SSSR count). The molecular formula is C23H28N4OS. The van der Waals surface area contributed by atoms with E-state index >= 15 is 0 Å². The van der Waals surface area contributed by atoms with Crippen LogP contribution in [-0.2, 0) is 17.6 Å². The summed E-state index contributed by atoms with van der Waals surface area (Å²) in [6.45, 7) is 4.97. The summed E-state index contributed by atoms with van der Waals surface area (Å²) in [6.07, 6.45) is 4.65. The minimum atomic E-state index is 0.00705. The van der Waals surface area contributed by atoms with E-state index in [0.29, 0.717) is 23.9 Å². The maximum absolute atomic E-state index is 12.5. The van der Waals surface area contributed by atoms with Crippen LogP contribution in [0, 0.1) is 17.2 Å². The molecule has 5 nitrogen and oxygen atoms in total. The van der Waals surface area contributed by atoms with Crippen LogP contribution < -0.4 is 10.6 Å². The lowest BCUT2D eigenvalue weighted by atomic mass is 9.89. The number of para-hydroxylation sites is 1. The summed E-state index contributed by atoms with van der Waals surface area (Å²) < 4.78 is 0. The molecule has 1 saturated heterocycles. The van der Waals surface area contributed by atoms with E-state index < -0.39 is 0 Å². The maximum atomic E-state index is 12.5. The summed E-state index contributed by atoms with van der Waals surface area (Å²) in [6, 6.07) is 13.0. The molecule has 2 atom stereocenters. The number of likely N-dealkylation sites (tertiary alicyclic amines) is 1. The lowest BCUT2D eigenvalue weighted by Crippen LogP contribution is -2.29. The van der Waals surface area contributed by atoms with Gasteiger partial charge in [-0.25, -0.2) is 0 Å². The van der Waals surface area contributed by atoms with E-state index in [1.54, 1.807) is 11.3 Å². The smallest absolute Gasteiger partial charge is 0.226 e. The van der Waals surface area contributed by atoms with Gasteiger partial charge in [-0.1, -0.05) is 25.1 Å². The Hall–Kier alpha value is -2.36. The Kier molecular flexibility index (Phi) is 6.17. The molecule has 1 aliphatic heterocycles. The fourth-order valence-corrected chi connectivity index (χ4v) is 5.71. The summed E-state index contributed by atoms with van der Waals surface area (Å²) in [4.78, 5) is 16.2. The van der Waals surface area contributed by atoms with Crippen molar-refractivity contribution in [2.24, 2.45) is 5.92 Å². The van der Waals surface area contributed by atoms with E-state index in [1.807, 2.05) is 18.2 Å². The second-order valence-electron chi connectivity index (χ2n) is 8.26. The number of anilines is 2. The van der Waals surface area contributed by atoms with Crippen molar-refractivity contribution < 1.29 is 4.79 Å². The van der Waals surface area contributed by atoms with Crippen LogP contribution in [0.1, 0.15) is 42.2 Å². The number of carbonyl (C=O) groups excluding carboxylic acids is 1. The SMILES string of the molecule is CC1CCc2c(sc(NC(=O)CCN3CCC(Nc4ccccc4)C3)c2C#N)C1. The van der Waals surface area contributed by atoms with Gasteiger partial charge in [-0.15, -0.1) is 11.3 Å². The van der Waals surface area contributed by atoms with Crippen molar-refractivity contribution in [2.45, 2.75) is 45.1 Å². The lowest BCUT2D eigenvalue weighted by Gasteiger charge is -2.17. The normalized spacial score (nSPS) is 21.4. The van der Waals surface area contributed by atoms with Gasteiger partial charge in [0.25, 0.3) is 0 Å². The average Bonchev–Trinajstić information content (AvgIpc) is 3.30. The highest BCUT2D eigenvalue weighted by Gasteiger charge is 2.25. The number of nitriles is 1. The third kappa shape index (κ3) is 4.80. The third-order valence-corrected chi connectivity index (χ3v) is 7.12. The van der Waals surface area contributed by atoms with Crippen molar-refractivity contribution in [1.82, 2.24) is 4.90 Å². The first-order valence-electron chi connectivity index (χ1n) is 10.5. The van der Waals surface area contributed by atoms with Gasteiger partial charge in [0.05, 0.1) is 5.56 Å². The third-order valence-electron chi connectivity index (χ3n) is 5.95. The lowest BCUT2D eigenvalue weighted by molar-refractivity contribution is -0.116. The summed E-state index contributed by atoms with van der Waals surface area (Å²) in [5.41, 5.74) is 3.01. The van der Waals surface area contributed by atoms with Crippen LogP contribution in [0.2, 0.25) is 0 Å². The number of benzene rings is 1. The van der Waals surface area contributed by atoms with Gasteiger partial charge in [0, 0.05) is 42.7 Å². The van der Waals surface area contributed by atoms with Crippen molar-refractivity contribution in [3.05, 3.63) is 46.3 Å². The van der Waals surface area contributed by atoms with Gasteiger partial charge >= 0.3 is 0 Å². The molecule has 2 N–H and O–H groups in total. The summed E-state index contributed by atoms with van der Waals surface area (Å²) in [7, 11) is 0. The number of fused-ring (bicyclic) bond motifs is 1. The monoisotopic (exact) mass is 408 g/mol. The molecule has 2 aromatic rings. The molecule has 2 heterocycles. The van der Waals surface area contributed by atoms with E-state index in [4.69, 9.17) is 0 Å². The van der Waals surface area contributed by atoms with E-state index in [9.17, 15) is 10.1 Å². The van der Waals surface area contributed by atoms with Crippen molar-refractivity contribution in [3.63, 3.8) is 0 Å². The van der Waals surface area contributed by atoms with E-state index in [1.165, 1.54) is 10.4 Å². The molecule has 1 aromatic carbocycles. The predicted molar refractivity (Wildman–Crippen MR) is 118 cm³/mol. The van der Waals surface area contributed by atoms with Crippen molar-refractivity contribution in [1.29, 1.82) is 5.26 Å². The molecule has 152 valence electrons. The molecule has 0 bridgehead atoms. The second-order valence-corrected chi connectivity index (χ2v) is 9.37. The quantitative estimate of drug-likeness (QED) is 0.749. The Balaban J connectivity index is 1.27. The van der Waals surface area contributed by atoms with Crippen LogP contribution in [0.3, 0.4) is 0 Å². The van der Waals surface area contributed by atoms with E-state index in [0.717, 1.165) is 56.0 Å². The molecule has 1 amide bonds. The second kappa shape index (κ2) is 8.98. The van der Waals surface area contributed by atoms with E-state index in [-0.39, 0.29) is 5.91 Å². The maximum Gasteiger partial charge on any atom is 0.226 e. The number of nitrogens with zero attached hydrogens (tertiary/aromatic N) is 2. The molecule has 1 aliphatic carbocycles. The van der Waals surface area contributed by atoms with Gasteiger partial charge in [-0.05, 0) is 49.3 Å².